The van der Waals surface area contributed by atoms with Crippen LogP contribution < -0.4 is 0 Å². The zero-order chi connectivity index (χ0) is 11.5. The largest absolute Gasteiger partial charge is 0.464 e. The van der Waals surface area contributed by atoms with Gasteiger partial charge in [-0.15, -0.1) is 0 Å². The average molecular weight is 212 g/mol. The third kappa shape index (κ3) is 9.19. The van der Waals surface area contributed by atoms with Gasteiger partial charge in [-0.05, 0) is 25.8 Å². The standard InChI is InChI=1S/C12H20O3/c1-3-4-5-8-12(15-10-13)9-6-7-11(2)14/h6-7,10,12H,3-5,8-9H2,1-2H3/b7-6+/t12-/m1/s1. The van der Waals surface area contributed by atoms with E-state index >= 15 is 0 Å². The summed E-state index contributed by atoms with van der Waals surface area (Å²) in [5.41, 5.74) is 0. The van der Waals surface area contributed by atoms with Crippen molar-refractivity contribution in [2.24, 2.45) is 0 Å². The molecule has 3 heteroatoms. The summed E-state index contributed by atoms with van der Waals surface area (Å²) in [6.07, 6.45) is 8.06. The van der Waals surface area contributed by atoms with Crippen molar-refractivity contribution in [1.29, 1.82) is 0 Å². The fourth-order valence-electron chi connectivity index (χ4n) is 1.33. The second kappa shape index (κ2) is 9.44. The highest BCUT2D eigenvalue weighted by molar-refractivity contribution is 5.87. The summed E-state index contributed by atoms with van der Waals surface area (Å²) in [5, 5.41) is 0. The third-order valence-corrected chi connectivity index (χ3v) is 2.13. The Bertz CT molecular complexity index is 209. The first kappa shape index (κ1) is 13.9. The van der Waals surface area contributed by atoms with Crippen LogP contribution in [0.5, 0.6) is 0 Å². The number of carbonyl (C=O) groups is 2. The summed E-state index contributed by atoms with van der Waals surface area (Å²) < 4.78 is 4.93. The van der Waals surface area contributed by atoms with Crippen LogP contribution in [0, 0.1) is 0 Å². The molecule has 86 valence electrons. The predicted molar refractivity (Wildman–Crippen MR) is 59.5 cm³/mol. The highest BCUT2D eigenvalue weighted by atomic mass is 16.5. The molecule has 0 radical (unpaired) electrons. The van der Waals surface area contributed by atoms with Crippen molar-refractivity contribution in [3.05, 3.63) is 12.2 Å². The molecule has 1 atom stereocenters. The highest BCUT2D eigenvalue weighted by Gasteiger charge is 2.06. The van der Waals surface area contributed by atoms with Gasteiger partial charge >= 0.3 is 0 Å². The first-order valence-electron chi connectivity index (χ1n) is 5.47. The molecule has 0 aliphatic carbocycles. The first-order chi connectivity index (χ1) is 7.20. The average Bonchev–Trinajstić information content (AvgIpc) is 2.17. The summed E-state index contributed by atoms with van der Waals surface area (Å²) in [6.45, 7) is 4.12. The lowest BCUT2D eigenvalue weighted by Crippen LogP contribution is -2.10. The Labute approximate surface area is 91.5 Å². The number of hydrogen-bond donors (Lipinski definition) is 0. The molecule has 0 spiro atoms. The van der Waals surface area contributed by atoms with Crippen molar-refractivity contribution in [2.75, 3.05) is 0 Å². The lowest BCUT2D eigenvalue weighted by atomic mass is 10.1. The summed E-state index contributed by atoms with van der Waals surface area (Å²) >= 11 is 0. The number of rotatable bonds is 9. The molecular formula is C12H20O3. The Hall–Kier alpha value is -1.12. The molecule has 0 rings (SSSR count). The first-order valence-corrected chi connectivity index (χ1v) is 5.47. The maximum Gasteiger partial charge on any atom is 0.293 e. The van der Waals surface area contributed by atoms with Gasteiger partial charge in [0.25, 0.3) is 6.47 Å². The number of unbranched alkanes of at least 4 members (excludes halogenated alkanes) is 2. The lowest BCUT2D eigenvalue weighted by molar-refractivity contribution is -0.133. The van der Waals surface area contributed by atoms with Gasteiger partial charge in [0.1, 0.15) is 6.10 Å². The van der Waals surface area contributed by atoms with E-state index in [4.69, 9.17) is 4.74 Å². The van der Waals surface area contributed by atoms with Gasteiger partial charge in [-0.1, -0.05) is 25.8 Å². The minimum absolute atomic E-state index is 0.0217. The zero-order valence-electron chi connectivity index (χ0n) is 9.57. The second-order valence-electron chi connectivity index (χ2n) is 3.60. The van der Waals surface area contributed by atoms with Gasteiger partial charge in [-0.2, -0.15) is 0 Å². The van der Waals surface area contributed by atoms with Gasteiger partial charge in [0.05, 0.1) is 0 Å². The van der Waals surface area contributed by atoms with Crippen molar-refractivity contribution in [3.63, 3.8) is 0 Å². The van der Waals surface area contributed by atoms with E-state index in [-0.39, 0.29) is 11.9 Å². The Morgan fingerprint density at radius 1 is 1.40 bits per heavy atom. The Kier molecular flexibility index (Phi) is 8.73. The van der Waals surface area contributed by atoms with Gasteiger partial charge in [0, 0.05) is 6.42 Å². The molecule has 0 N–H and O–H groups in total. The maximum atomic E-state index is 10.6. The monoisotopic (exact) mass is 212 g/mol. The summed E-state index contributed by atoms with van der Waals surface area (Å²) in [6, 6.07) is 0. The SMILES string of the molecule is CCCCC[C@H](C/C=C/C(C)=O)OC=O. The van der Waals surface area contributed by atoms with Crippen LogP contribution in [-0.4, -0.2) is 18.4 Å². The van der Waals surface area contributed by atoms with E-state index in [9.17, 15) is 9.59 Å². The second-order valence-corrected chi connectivity index (χ2v) is 3.60. The molecule has 0 aromatic heterocycles. The normalized spacial score (nSPS) is 12.7. The minimum atomic E-state index is -0.0790. The van der Waals surface area contributed by atoms with Crippen LogP contribution >= 0.6 is 0 Å². The zero-order valence-corrected chi connectivity index (χ0v) is 9.57. The Morgan fingerprint density at radius 2 is 2.13 bits per heavy atom. The molecule has 0 aromatic rings. The van der Waals surface area contributed by atoms with Gasteiger partial charge < -0.3 is 4.74 Å². The smallest absolute Gasteiger partial charge is 0.293 e. The number of carbonyl (C=O) groups excluding carboxylic acids is 2. The van der Waals surface area contributed by atoms with Crippen LogP contribution in [0.4, 0.5) is 0 Å². The van der Waals surface area contributed by atoms with Crippen molar-refractivity contribution in [1.82, 2.24) is 0 Å². The van der Waals surface area contributed by atoms with Crippen LogP contribution in [0.15, 0.2) is 12.2 Å². The lowest BCUT2D eigenvalue weighted by Gasteiger charge is -2.12. The summed E-state index contributed by atoms with van der Waals surface area (Å²) in [5.74, 6) is 0.0217. The number of ether oxygens (including phenoxy) is 1. The van der Waals surface area contributed by atoms with Crippen molar-refractivity contribution in [2.45, 2.75) is 52.1 Å². The van der Waals surface area contributed by atoms with Gasteiger partial charge in [0.15, 0.2) is 5.78 Å². The summed E-state index contributed by atoms with van der Waals surface area (Å²) in [4.78, 5) is 20.9. The minimum Gasteiger partial charge on any atom is -0.464 e. The van der Waals surface area contributed by atoms with Crippen LogP contribution in [-0.2, 0) is 14.3 Å². The van der Waals surface area contributed by atoms with Gasteiger partial charge in [-0.25, -0.2) is 0 Å². The molecule has 0 aliphatic heterocycles. The molecule has 0 aromatic carbocycles. The third-order valence-electron chi connectivity index (χ3n) is 2.13. The molecule has 0 aliphatic rings. The number of allylic oxidation sites excluding steroid dienone is 1. The molecule has 0 fully saturated rings. The van der Waals surface area contributed by atoms with Crippen molar-refractivity contribution >= 4 is 12.3 Å². The molecule has 0 heterocycles. The molecule has 3 nitrogen and oxygen atoms in total. The van der Waals surface area contributed by atoms with E-state index in [1.54, 1.807) is 6.08 Å². The van der Waals surface area contributed by atoms with Crippen molar-refractivity contribution in [3.8, 4) is 0 Å². The molecule has 0 saturated carbocycles. The van der Waals surface area contributed by atoms with Crippen LogP contribution in [0.1, 0.15) is 46.0 Å². The van der Waals surface area contributed by atoms with Crippen LogP contribution in [0.2, 0.25) is 0 Å². The van der Waals surface area contributed by atoms with Crippen molar-refractivity contribution < 1.29 is 14.3 Å². The molecule has 0 amide bonds. The quantitative estimate of drug-likeness (QED) is 0.335. The fraction of sp³-hybridized carbons (Fsp3) is 0.667. The van der Waals surface area contributed by atoms with E-state index in [1.807, 2.05) is 0 Å². The van der Waals surface area contributed by atoms with E-state index in [1.165, 1.54) is 13.0 Å². The van der Waals surface area contributed by atoms with Crippen LogP contribution in [0.25, 0.3) is 0 Å². The Morgan fingerprint density at radius 3 is 2.67 bits per heavy atom. The molecule has 0 saturated heterocycles. The van der Waals surface area contributed by atoms with Gasteiger partial charge in [-0.3, -0.25) is 9.59 Å². The molecule has 15 heavy (non-hydrogen) atoms. The van der Waals surface area contributed by atoms with E-state index < -0.39 is 0 Å². The summed E-state index contributed by atoms with van der Waals surface area (Å²) in [7, 11) is 0. The molecule has 0 unspecified atom stereocenters. The molecular weight excluding hydrogens is 192 g/mol. The fourth-order valence-corrected chi connectivity index (χ4v) is 1.33. The molecule has 0 bridgehead atoms. The topological polar surface area (TPSA) is 43.4 Å². The van der Waals surface area contributed by atoms with E-state index in [0.717, 1.165) is 25.7 Å². The van der Waals surface area contributed by atoms with E-state index in [2.05, 4.69) is 6.92 Å². The number of ketones is 1. The van der Waals surface area contributed by atoms with Gasteiger partial charge in [0.2, 0.25) is 0 Å². The highest BCUT2D eigenvalue weighted by Crippen LogP contribution is 2.10. The predicted octanol–water partition coefficient (Wildman–Crippen LogP) is 2.64. The maximum absolute atomic E-state index is 10.6. The Balaban J connectivity index is 3.81. The van der Waals surface area contributed by atoms with E-state index in [0.29, 0.717) is 12.9 Å². The number of hydrogen-bond acceptors (Lipinski definition) is 3. The van der Waals surface area contributed by atoms with Crippen LogP contribution in [0.3, 0.4) is 0 Å².